The van der Waals surface area contributed by atoms with Crippen molar-refractivity contribution in [2.75, 3.05) is 13.7 Å². The number of thioether (sulfide) groups is 1. The lowest BCUT2D eigenvalue weighted by Crippen LogP contribution is -2.22. The van der Waals surface area contributed by atoms with Crippen molar-refractivity contribution >= 4 is 11.8 Å². The second-order valence-corrected chi connectivity index (χ2v) is 10.1. The summed E-state index contributed by atoms with van der Waals surface area (Å²) in [6.45, 7) is 9.02. The van der Waals surface area contributed by atoms with E-state index >= 15 is 0 Å². The predicted molar refractivity (Wildman–Crippen MR) is 127 cm³/mol. The third-order valence-electron chi connectivity index (χ3n) is 4.57. The molecule has 1 unspecified atom stereocenters. The van der Waals surface area contributed by atoms with Gasteiger partial charge < -0.3 is 9.47 Å². The Balaban J connectivity index is 1.81. The van der Waals surface area contributed by atoms with E-state index in [1.54, 1.807) is 24.1 Å². The van der Waals surface area contributed by atoms with E-state index in [2.05, 4.69) is 44.8 Å². The van der Waals surface area contributed by atoms with E-state index in [4.69, 9.17) is 9.47 Å². The van der Waals surface area contributed by atoms with Crippen LogP contribution in [-0.2, 0) is 6.42 Å². The molecular formula is C25H30N2O3S. The average molecular weight is 439 g/mol. The monoisotopic (exact) mass is 438 g/mol. The van der Waals surface area contributed by atoms with Crippen LogP contribution in [0.2, 0.25) is 0 Å². The van der Waals surface area contributed by atoms with Crippen LogP contribution in [0.3, 0.4) is 0 Å². The molecule has 0 spiro atoms. The quantitative estimate of drug-likeness (QED) is 0.442. The van der Waals surface area contributed by atoms with Crippen LogP contribution in [0.15, 0.2) is 70.7 Å². The summed E-state index contributed by atoms with van der Waals surface area (Å²) in [4.78, 5) is 17.4. The van der Waals surface area contributed by atoms with Crippen LogP contribution in [0.25, 0.3) is 5.69 Å². The maximum Gasteiger partial charge on any atom is 0.287 e. The molecule has 1 atom stereocenters. The molecule has 0 aliphatic carbocycles. The molecule has 0 bridgehead atoms. The van der Waals surface area contributed by atoms with Gasteiger partial charge in [-0.25, -0.2) is 4.98 Å². The molecule has 164 valence electrons. The maximum atomic E-state index is 13.1. The Bertz CT molecular complexity index is 1060. The van der Waals surface area contributed by atoms with Crippen molar-refractivity contribution in [3.8, 4) is 17.2 Å². The molecular weight excluding hydrogens is 408 g/mol. The Morgan fingerprint density at radius 1 is 1.10 bits per heavy atom. The molecule has 0 fully saturated rings. The largest absolute Gasteiger partial charge is 0.493 e. The van der Waals surface area contributed by atoms with Crippen LogP contribution in [0.1, 0.15) is 33.3 Å². The fraction of sp³-hybridized carbons (Fsp3) is 0.360. The minimum absolute atomic E-state index is 0.0360. The highest BCUT2D eigenvalue weighted by Gasteiger charge is 2.16. The zero-order valence-electron chi connectivity index (χ0n) is 18.8. The van der Waals surface area contributed by atoms with Gasteiger partial charge in [-0.1, -0.05) is 69.8 Å². The molecule has 3 rings (SSSR count). The van der Waals surface area contributed by atoms with Crippen molar-refractivity contribution in [3.63, 3.8) is 0 Å². The Labute approximate surface area is 188 Å². The number of hydrogen-bond donors (Lipinski definition) is 0. The lowest BCUT2D eigenvalue weighted by molar-refractivity contribution is 0.191. The summed E-state index contributed by atoms with van der Waals surface area (Å²) >= 11 is 1.50. The molecule has 5 nitrogen and oxygen atoms in total. The fourth-order valence-corrected chi connectivity index (χ4v) is 4.05. The normalized spacial score (nSPS) is 12.4. The summed E-state index contributed by atoms with van der Waals surface area (Å²) in [6.07, 6.45) is 4.21. The minimum Gasteiger partial charge on any atom is -0.493 e. The molecule has 31 heavy (non-hydrogen) atoms. The van der Waals surface area contributed by atoms with Crippen LogP contribution in [0.4, 0.5) is 0 Å². The summed E-state index contributed by atoms with van der Waals surface area (Å²) in [6, 6.07) is 15.8. The first-order valence-electron chi connectivity index (χ1n) is 10.4. The Morgan fingerprint density at radius 2 is 1.84 bits per heavy atom. The Morgan fingerprint density at radius 3 is 2.52 bits per heavy atom. The van der Waals surface area contributed by atoms with Gasteiger partial charge in [0.05, 0.1) is 19.4 Å². The van der Waals surface area contributed by atoms with Crippen molar-refractivity contribution in [1.29, 1.82) is 0 Å². The van der Waals surface area contributed by atoms with Crippen molar-refractivity contribution in [3.05, 3.63) is 76.8 Å². The molecule has 0 amide bonds. The van der Waals surface area contributed by atoms with Crippen LogP contribution >= 0.6 is 11.8 Å². The van der Waals surface area contributed by atoms with Crippen LogP contribution in [0, 0.1) is 5.41 Å². The van der Waals surface area contributed by atoms with Crippen molar-refractivity contribution in [1.82, 2.24) is 9.55 Å². The maximum absolute atomic E-state index is 13.1. The second-order valence-electron chi connectivity index (χ2n) is 8.71. The van der Waals surface area contributed by atoms with Crippen molar-refractivity contribution in [2.24, 2.45) is 5.41 Å². The first-order valence-corrected chi connectivity index (χ1v) is 11.2. The van der Waals surface area contributed by atoms with Gasteiger partial charge in [-0.2, -0.15) is 0 Å². The molecule has 0 aliphatic rings. The smallest absolute Gasteiger partial charge is 0.287 e. The molecule has 0 N–H and O–H groups in total. The summed E-state index contributed by atoms with van der Waals surface area (Å²) in [7, 11) is 1.60. The van der Waals surface area contributed by atoms with Gasteiger partial charge >= 0.3 is 0 Å². The molecule has 0 radical (unpaired) electrons. The van der Waals surface area contributed by atoms with E-state index in [-0.39, 0.29) is 16.2 Å². The first-order chi connectivity index (χ1) is 14.8. The molecule has 1 heterocycles. The van der Waals surface area contributed by atoms with Crippen molar-refractivity contribution < 1.29 is 9.47 Å². The number of rotatable bonds is 8. The van der Waals surface area contributed by atoms with Gasteiger partial charge in [-0.3, -0.25) is 9.36 Å². The summed E-state index contributed by atoms with van der Waals surface area (Å²) < 4.78 is 13.0. The number of hydrogen-bond acceptors (Lipinski definition) is 5. The highest BCUT2D eigenvalue weighted by molar-refractivity contribution is 7.99. The zero-order chi connectivity index (χ0) is 22.4. The van der Waals surface area contributed by atoms with Gasteiger partial charge in [0.25, 0.3) is 5.56 Å². The highest BCUT2D eigenvalue weighted by Crippen LogP contribution is 2.31. The number of benzene rings is 2. The molecule has 0 saturated heterocycles. The predicted octanol–water partition coefficient (Wildman–Crippen LogP) is 5.39. The standard InChI is InChI=1S/C25H30N2O3S/c1-18(15-19-9-7-6-8-10-19)31-23-24(28)27(14-13-26-23)20-11-12-21(22(16-20)29-5)30-17-25(2,3)4/h6-14,16,18H,15,17H2,1-5H3. The Hall–Kier alpha value is -2.73. The molecule has 3 aromatic rings. The second kappa shape index (κ2) is 10.1. The first kappa shape index (κ1) is 22.9. The van der Waals surface area contributed by atoms with Crippen molar-refractivity contribution in [2.45, 2.75) is 44.4 Å². The van der Waals surface area contributed by atoms with Gasteiger partial charge in [0.15, 0.2) is 16.5 Å². The number of aromatic nitrogens is 2. The molecule has 1 aromatic heterocycles. The van der Waals surface area contributed by atoms with Gasteiger partial charge in [0.2, 0.25) is 0 Å². The molecule has 0 saturated carbocycles. The van der Waals surface area contributed by atoms with Crippen LogP contribution in [0.5, 0.6) is 11.5 Å². The summed E-state index contributed by atoms with van der Waals surface area (Å²) in [5.41, 5.74) is 1.85. The van der Waals surface area contributed by atoms with Crippen LogP contribution < -0.4 is 15.0 Å². The fourth-order valence-electron chi connectivity index (χ4n) is 3.08. The van der Waals surface area contributed by atoms with E-state index < -0.39 is 0 Å². The van der Waals surface area contributed by atoms with Gasteiger partial charge in [0, 0.05) is 23.7 Å². The average Bonchev–Trinajstić information content (AvgIpc) is 2.74. The lowest BCUT2D eigenvalue weighted by atomic mass is 9.99. The van der Waals surface area contributed by atoms with E-state index in [0.717, 1.165) is 6.42 Å². The topological polar surface area (TPSA) is 53.4 Å². The van der Waals surface area contributed by atoms with Crippen LogP contribution in [-0.4, -0.2) is 28.5 Å². The summed E-state index contributed by atoms with van der Waals surface area (Å²) in [5, 5.41) is 0.708. The number of ether oxygens (including phenoxy) is 2. The van der Waals surface area contributed by atoms with Gasteiger partial charge in [-0.15, -0.1) is 0 Å². The third kappa shape index (κ3) is 6.37. The lowest BCUT2D eigenvalue weighted by Gasteiger charge is -2.20. The minimum atomic E-state index is -0.141. The number of methoxy groups -OCH3 is 1. The van der Waals surface area contributed by atoms with E-state index in [9.17, 15) is 4.79 Å². The third-order valence-corrected chi connectivity index (χ3v) is 5.65. The number of nitrogens with zero attached hydrogens (tertiary/aromatic N) is 2. The Kier molecular flexibility index (Phi) is 7.44. The molecule has 6 heteroatoms. The van der Waals surface area contributed by atoms with E-state index in [0.29, 0.717) is 28.8 Å². The molecule has 0 aliphatic heterocycles. The highest BCUT2D eigenvalue weighted by atomic mass is 32.2. The SMILES string of the molecule is COc1cc(-n2ccnc(SC(C)Cc3ccccc3)c2=O)ccc1OCC(C)(C)C. The zero-order valence-corrected chi connectivity index (χ0v) is 19.6. The molecule has 2 aromatic carbocycles. The van der Waals surface area contributed by atoms with Gasteiger partial charge in [0.1, 0.15) is 0 Å². The van der Waals surface area contributed by atoms with E-state index in [1.165, 1.54) is 17.3 Å². The van der Waals surface area contributed by atoms with Gasteiger partial charge in [-0.05, 0) is 29.5 Å². The summed E-state index contributed by atoms with van der Waals surface area (Å²) in [5.74, 6) is 1.26. The van der Waals surface area contributed by atoms with E-state index in [1.807, 2.05) is 36.4 Å².